The van der Waals surface area contributed by atoms with Crippen LogP contribution in [0.2, 0.25) is 0 Å². The number of rotatable bonds is 5. The van der Waals surface area contributed by atoms with Crippen LogP contribution in [-0.4, -0.2) is 31.9 Å². The van der Waals surface area contributed by atoms with Gasteiger partial charge in [-0.2, -0.15) is 5.10 Å². The van der Waals surface area contributed by atoms with Crippen molar-refractivity contribution in [2.24, 2.45) is 18.1 Å². The first kappa shape index (κ1) is 20.8. The van der Waals surface area contributed by atoms with Crippen molar-refractivity contribution in [1.29, 1.82) is 0 Å². The lowest BCUT2D eigenvalue weighted by atomic mass is 9.77. The summed E-state index contributed by atoms with van der Waals surface area (Å²) in [6.07, 6.45) is 9.03. The van der Waals surface area contributed by atoms with Gasteiger partial charge in [0.05, 0.1) is 17.5 Å². The van der Waals surface area contributed by atoms with Crippen molar-refractivity contribution in [3.05, 3.63) is 89.8 Å². The van der Waals surface area contributed by atoms with Gasteiger partial charge in [-0.05, 0) is 42.0 Å². The van der Waals surface area contributed by atoms with Crippen LogP contribution in [0.15, 0.2) is 88.9 Å². The summed E-state index contributed by atoms with van der Waals surface area (Å²) in [5.74, 6) is 0.561. The average molecular weight is 443 g/mol. The molecule has 0 bridgehead atoms. The van der Waals surface area contributed by atoms with Crippen molar-refractivity contribution < 1.29 is 4.79 Å². The molecule has 3 aromatic rings. The van der Waals surface area contributed by atoms with E-state index in [-0.39, 0.29) is 17.9 Å². The standard InChI is InChI=1S/C26H26N4OS/c1-29-16-15-27-26(29)32-18-23(31)30-25(20-11-6-3-7-12-20)22-14-8-13-21(24(22)28-30)17-19-9-4-2-5-10-19/h2-7,9-12,15-17,22,25H,8,13-14,18H2,1H3. The number of allylic oxidation sites excluding steroid dienone is 1. The maximum atomic E-state index is 13.4. The molecule has 2 aromatic carbocycles. The van der Waals surface area contributed by atoms with Gasteiger partial charge in [-0.3, -0.25) is 4.79 Å². The maximum absolute atomic E-state index is 13.4. The first-order chi connectivity index (χ1) is 15.7. The van der Waals surface area contributed by atoms with Crippen LogP contribution in [0.4, 0.5) is 0 Å². The average Bonchev–Trinajstić information content (AvgIpc) is 3.43. The van der Waals surface area contributed by atoms with Gasteiger partial charge in [0.15, 0.2) is 5.16 Å². The lowest BCUT2D eigenvalue weighted by Gasteiger charge is -2.29. The lowest BCUT2D eigenvalue weighted by Crippen LogP contribution is -2.32. The van der Waals surface area contributed by atoms with Gasteiger partial charge in [-0.25, -0.2) is 9.99 Å². The van der Waals surface area contributed by atoms with Crippen LogP contribution in [0.5, 0.6) is 0 Å². The zero-order valence-electron chi connectivity index (χ0n) is 18.1. The fourth-order valence-corrected chi connectivity index (χ4v) is 5.41. The van der Waals surface area contributed by atoms with E-state index in [9.17, 15) is 4.79 Å². The van der Waals surface area contributed by atoms with Crippen LogP contribution in [0.3, 0.4) is 0 Å². The Morgan fingerprint density at radius 1 is 1.12 bits per heavy atom. The van der Waals surface area contributed by atoms with Crippen LogP contribution in [0, 0.1) is 5.92 Å². The third-order valence-electron chi connectivity index (χ3n) is 6.14. The highest BCUT2D eigenvalue weighted by Crippen LogP contribution is 2.44. The Kier molecular flexibility index (Phi) is 5.95. The molecule has 1 amide bonds. The van der Waals surface area contributed by atoms with Crippen molar-refractivity contribution in [1.82, 2.24) is 14.6 Å². The number of hydrogen-bond acceptors (Lipinski definition) is 4. The molecule has 2 heterocycles. The number of thioether (sulfide) groups is 1. The first-order valence-corrected chi connectivity index (χ1v) is 12.0. The Balaban J connectivity index is 1.47. The van der Waals surface area contributed by atoms with E-state index < -0.39 is 0 Å². The summed E-state index contributed by atoms with van der Waals surface area (Å²) in [4.78, 5) is 17.7. The highest BCUT2D eigenvalue weighted by molar-refractivity contribution is 7.99. The first-order valence-electron chi connectivity index (χ1n) is 11.0. The molecular formula is C26H26N4OS. The Morgan fingerprint density at radius 3 is 2.59 bits per heavy atom. The number of hydrazone groups is 1. The van der Waals surface area contributed by atoms with E-state index in [4.69, 9.17) is 5.10 Å². The molecule has 1 aromatic heterocycles. The molecule has 6 heteroatoms. The Hall–Kier alpha value is -3.12. The van der Waals surface area contributed by atoms with Crippen LogP contribution < -0.4 is 0 Å². The summed E-state index contributed by atoms with van der Waals surface area (Å²) in [7, 11) is 1.94. The van der Waals surface area contributed by atoms with Crippen molar-refractivity contribution in [2.75, 3.05) is 5.75 Å². The number of carbonyl (C=O) groups is 1. The van der Waals surface area contributed by atoms with Crippen LogP contribution in [0.1, 0.15) is 36.4 Å². The lowest BCUT2D eigenvalue weighted by molar-refractivity contribution is -0.130. The molecule has 1 saturated carbocycles. The molecule has 5 nitrogen and oxygen atoms in total. The number of aromatic nitrogens is 2. The molecular weight excluding hydrogens is 416 g/mol. The second-order valence-electron chi connectivity index (χ2n) is 8.27. The van der Waals surface area contributed by atoms with Gasteiger partial charge >= 0.3 is 0 Å². The van der Waals surface area contributed by atoms with Gasteiger partial charge in [0, 0.05) is 25.4 Å². The maximum Gasteiger partial charge on any atom is 0.253 e. The molecule has 2 atom stereocenters. The third kappa shape index (κ3) is 4.15. The van der Waals surface area contributed by atoms with Crippen molar-refractivity contribution >= 4 is 29.5 Å². The largest absolute Gasteiger partial charge is 0.329 e. The summed E-state index contributed by atoms with van der Waals surface area (Å²) >= 11 is 1.46. The van der Waals surface area contributed by atoms with Gasteiger partial charge < -0.3 is 4.57 Å². The van der Waals surface area contributed by atoms with Crippen molar-refractivity contribution in [3.63, 3.8) is 0 Å². The van der Waals surface area contributed by atoms with E-state index >= 15 is 0 Å². The van der Waals surface area contributed by atoms with E-state index in [1.807, 2.05) is 42.1 Å². The topological polar surface area (TPSA) is 50.5 Å². The molecule has 0 spiro atoms. The SMILES string of the molecule is Cn1ccnc1SCC(=O)N1N=C2C(=Cc3ccccc3)CCCC2C1c1ccccc1. The summed E-state index contributed by atoms with van der Waals surface area (Å²) in [5, 5.41) is 7.54. The summed E-state index contributed by atoms with van der Waals surface area (Å²) in [6.45, 7) is 0. The fourth-order valence-electron chi connectivity index (χ4n) is 4.62. The minimum Gasteiger partial charge on any atom is -0.329 e. The second kappa shape index (κ2) is 9.17. The molecule has 0 saturated heterocycles. The number of amides is 1. The number of nitrogens with zero attached hydrogens (tertiary/aromatic N) is 4. The van der Waals surface area contributed by atoms with Gasteiger partial charge in [0.1, 0.15) is 0 Å². The second-order valence-corrected chi connectivity index (χ2v) is 9.21. The smallest absolute Gasteiger partial charge is 0.253 e. The zero-order chi connectivity index (χ0) is 21.9. The van der Waals surface area contributed by atoms with Gasteiger partial charge in [0.2, 0.25) is 0 Å². The molecule has 1 aliphatic carbocycles. The van der Waals surface area contributed by atoms with Gasteiger partial charge in [0.25, 0.3) is 5.91 Å². The Bertz CT molecular complexity index is 1150. The molecule has 1 aliphatic heterocycles. The summed E-state index contributed by atoms with van der Waals surface area (Å²) < 4.78 is 1.93. The number of hydrogen-bond donors (Lipinski definition) is 0. The van der Waals surface area contributed by atoms with E-state index in [0.29, 0.717) is 5.75 Å². The Labute approximate surface area is 192 Å². The highest BCUT2D eigenvalue weighted by atomic mass is 32.2. The summed E-state index contributed by atoms with van der Waals surface area (Å²) in [5.41, 5.74) is 4.65. The van der Waals surface area contributed by atoms with Gasteiger partial charge in [-0.1, -0.05) is 72.4 Å². The highest BCUT2D eigenvalue weighted by Gasteiger charge is 2.43. The molecule has 2 aliphatic rings. The fraction of sp³-hybridized carbons (Fsp3) is 0.269. The minimum absolute atomic E-state index is 0.0211. The number of benzene rings is 2. The van der Waals surface area contributed by atoms with E-state index in [2.05, 4.69) is 47.5 Å². The zero-order valence-corrected chi connectivity index (χ0v) is 18.9. The normalized spacial score (nSPS) is 21.5. The van der Waals surface area contributed by atoms with E-state index in [1.165, 1.54) is 22.9 Å². The molecule has 2 unspecified atom stereocenters. The third-order valence-corrected chi connectivity index (χ3v) is 7.18. The van der Waals surface area contributed by atoms with Crippen LogP contribution >= 0.6 is 11.8 Å². The van der Waals surface area contributed by atoms with Crippen LogP contribution in [-0.2, 0) is 11.8 Å². The number of carbonyl (C=O) groups excluding carboxylic acids is 1. The molecule has 0 N–H and O–H groups in total. The summed E-state index contributed by atoms with van der Waals surface area (Å²) in [6, 6.07) is 20.7. The number of imidazole rings is 1. The predicted molar refractivity (Wildman–Crippen MR) is 129 cm³/mol. The number of fused-ring (bicyclic) bond motifs is 1. The van der Waals surface area contributed by atoms with E-state index in [0.717, 1.165) is 35.7 Å². The molecule has 162 valence electrons. The molecule has 32 heavy (non-hydrogen) atoms. The molecule has 0 radical (unpaired) electrons. The van der Waals surface area contributed by atoms with Crippen molar-refractivity contribution in [3.8, 4) is 0 Å². The minimum atomic E-state index is -0.0554. The van der Waals surface area contributed by atoms with Gasteiger partial charge in [-0.15, -0.1) is 0 Å². The van der Waals surface area contributed by atoms with Crippen molar-refractivity contribution in [2.45, 2.75) is 30.5 Å². The quantitative estimate of drug-likeness (QED) is 0.502. The van der Waals surface area contributed by atoms with E-state index in [1.54, 1.807) is 11.2 Å². The monoisotopic (exact) mass is 442 g/mol. The molecule has 1 fully saturated rings. The molecule has 5 rings (SSSR count). The Morgan fingerprint density at radius 2 is 1.88 bits per heavy atom. The number of aryl methyl sites for hydroxylation is 1. The predicted octanol–water partition coefficient (Wildman–Crippen LogP) is 5.34. The van der Waals surface area contributed by atoms with Crippen LogP contribution in [0.25, 0.3) is 6.08 Å².